The molecule has 3 nitrogen and oxygen atoms in total. The molecule has 0 amide bonds. The van der Waals surface area contributed by atoms with Crippen molar-refractivity contribution in [2.75, 3.05) is 20.1 Å². The first-order valence-corrected chi connectivity index (χ1v) is 7.51. The predicted molar refractivity (Wildman–Crippen MR) is 73.5 cm³/mol. The Morgan fingerprint density at radius 3 is 3.06 bits per heavy atom. The number of aryl methyl sites for hydroxylation is 1. The number of likely N-dealkylation sites (N-methyl/N-ethyl adjacent to an activating group) is 1. The van der Waals surface area contributed by atoms with Gasteiger partial charge in [-0.05, 0) is 32.9 Å². The van der Waals surface area contributed by atoms with Crippen molar-refractivity contribution in [3.05, 3.63) is 16.1 Å². The van der Waals surface area contributed by atoms with Gasteiger partial charge in [0.2, 0.25) is 0 Å². The van der Waals surface area contributed by atoms with Crippen LogP contribution in [0.5, 0.6) is 0 Å². The van der Waals surface area contributed by atoms with Gasteiger partial charge in [-0.3, -0.25) is 4.90 Å². The summed E-state index contributed by atoms with van der Waals surface area (Å²) in [5.74, 6) is 0. The first kappa shape index (κ1) is 13.0. The molecule has 1 aliphatic rings. The molecule has 2 heterocycles. The second-order valence-corrected chi connectivity index (χ2v) is 5.87. The number of hydrogen-bond acceptors (Lipinski definition) is 4. The molecule has 0 spiro atoms. The third-order valence-electron chi connectivity index (χ3n) is 3.28. The maximum atomic E-state index is 4.62. The van der Waals surface area contributed by atoms with E-state index in [1.165, 1.54) is 36.5 Å². The molecule has 17 heavy (non-hydrogen) atoms. The van der Waals surface area contributed by atoms with E-state index < -0.39 is 0 Å². The van der Waals surface area contributed by atoms with Crippen LogP contribution in [0, 0.1) is 0 Å². The number of hydrogen-bond donors (Lipinski definition) is 1. The topological polar surface area (TPSA) is 28.2 Å². The lowest BCUT2D eigenvalue weighted by atomic mass is 10.0. The number of nitrogens with zero attached hydrogens (tertiary/aromatic N) is 2. The van der Waals surface area contributed by atoms with Gasteiger partial charge in [0.05, 0.1) is 10.7 Å². The van der Waals surface area contributed by atoms with E-state index in [0.29, 0.717) is 6.04 Å². The minimum Gasteiger partial charge on any atom is -0.313 e. The summed E-state index contributed by atoms with van der Waals surface area (Å²) in [5.41, 5.74) is 1.23. The van der Waals surface area contributed by atoms with Gasteiger partial charge in [-0.1, -0.05) is 13.3 Å². The van der Waals surface area contributed by atoms with Crippen LogP contribution < -0.4 is 5.32 Å². The van der Waals surface area contributed by atoms with E-state index in [-0.39, 0.29) is 0 Å². The van der Waals surface area contributed by atoms with Gasteiger partial charge in [-0.2, -0.15) is 0 Å². The molecule has 1 aromatic heterocycles. The van der Waals surface area contributed by atoms with E-state index in [1.54, 1.807) is 11.3 Å². The molecule has 1 aromatic rings. The monoisotopic (exact) mass is 253 g/mol. The van der Waals surface area contributed by atoms with E-state index in [1.807, 2.05) is 0 Å². The molecule has 0 bridgehead atoms. The Hall–Kier alpha value is -0.450. The summed E-state index contributed by atoms with van der Waals surface area (Å²) in [4.78, 5) is 7.00. The SMILES string of the molecule is CCc1nc(CN(C)CC2CCCCN2)cs1. The minimum absolute atomic E-state index is 0.679. The van der Waals surface area contributed by atoms with Crippen molar-refractivity contribution < 1.29 is 0 Å². The molecule has 96 valence electrons. The third-order valence-corrected chi connectivity index (χ3v) is 4.32. The summed E-state index contributed by atoms with van der Waals surface area (Å²) in [6.45, 7) is 5.47. The zero-order chi connectivity index (χ0) is 12.1. The first-order chi connectivity index (χ1) is 8.28. The largest absolute Gasteiger partial charge is 0.313 e. The first-order valence-electron chi connectivity index (χ1n) is 6.63. The number of rotatable bonds is 5. The number of aromatic nitrogens is 1. The van der Waals surface area contributed by atoms with E-state index >= 15 is 0 Å². The number of piperidine rings is 1. The van der Waals surface area contributed by atoms with Crippen molar-refractivity contribution in [3.8, 4) is 0 Å². The van der Waals surface area contributed by atoms with Gasteiger partial charge in [0.25, 0.3) is 0 Å². The molecule has 1 saturated heterocycles. The Kier molecular flexibility index (Phi) is 4.95. The quantitative estimate of drug-likeness (QED) is 0.872. The lowest BCUT2D eigenvalue weighted by molar-refractivity contribution is 0.254. The zero-order valence-corrected chi connectivity index (χ0v) is 11.7. The molecule has 2 rings (SSSR count). The van der Waals surface area contributed by atoms with Crippen LogP contribution in [-0.4, -0.2) is 36.1 Å². The molecule has 1 unspecified atom stereocenters. The van der Waals surface area contributed by atoms with Crippen LogP contribution in [0.25, 0.3) is 0 Å². The summed E-state index contributed by atoms with van der Waals surface area (Å²) in [7, 11) is 2.20. The summed E-state index contributed by atoms with van der Waals surface area (Å²) >= 11 is 1.78. The van der Waals surface area contributed by atoms with Crippen molar-refractivity contribution in [2.45, 2.75) is 45.2 Å². The van der Waals surface area contributed by atoms with E-state index in [4.69, 9.17) is 0 Å². The fraction of sp³-hybridized carbons (Fsp3) is 0.769. The second-order valence-electron chi connectivity index (χ2n) is 4.93. The highest BCUT2D eigenvalue weighted by atomic mass is 32.1. The molecule has 1 N–H and O–H groups in total. The Balaban J connectivity index is 1.77. The molecule has 0 aliphatic carbocycles. The van der Waals surface area contributed by atoms with Crippen molar-refractivity contribution >= 4 is 11.3 Å². The van der Waals surface area contributed by atoms with Crippen molar-refractivity contribution in [2.24, 2.45) is 0 Å². The highest BCUT2D eigenvalue weighted by Gasteiger charge is 2.15. The van der Waals surface area contributed by atoms with Crippen molar-refractivity contribution in [3.63, 3.8) is 0 Å². The van der Waals surface area contributed by atoms with E-state index in [9.17, 15) is 0 Å². The Bertz CT molecular complexity index is 331. The highest BCUT2D eigenvalue weighted by Crippen LogP contribution is 2.13. The average Bonchev–Trinajstić information content (AvgIpc) is 2.78. The molecule has 4 heteroatoms. The smallest absolute Gasteiger partial charge is 0.0926 e. The van der Waals surface area contributed by atoms with Gasteiger partial charge >= 0.3 is 0 Å². The standard InChI is InChI=1S/C13H23N3S/c1-3-13-15-12(10-17-13)9-16(2)8-11-6-4-5-7-14-11/h10-11,14H,3-9H2,1-2H3. The molecule has 1 fully saturated rings. The molecular formula is C13H23N3S. The second kappa shape index (κ2) is 6.47. The fourth-order valence-electron chi connectivity index (χ4n) is 2.38. The van der Waals surface area contributed by atoms with Crippen LogP contribution in [0.15, 0.2) is 5.38 Å². The molecular weight excluding hydrogens is 230 g/mol. The number of thiazole rings is 1. The summed E-state index contributed by atoms with van der Waals surface area (Å²) in [5, 5.41) is 7.04. The van der Waals surface area contributed by atoms with Gasteiger partial charge in [0, 0.05) is 24.5 Å². The van der Waals surface area contributed by atoms with Crippen LogP contribution >= 0.6 is 11.3 Å². The van der Waals surface area contributed by atoms with Crippen LogP contribution in [0.4, 0.5) is 0 Å². The van der Waals surface area contributed by atoms with Gasteiger partial charge in [0.15, 0.2) is 0 Å². The lowest BCUT2D eigenvalue weighted by Crippen LogP contribution is -2.42. The average molecular weight is 253 g/mol. The zero-order valence-electron chi connectivity index (χ0n) is 10.9. The highest BCUT2D eigenvalue weighted by molar-refractivity contribution is 7.09. The molecule has 0 radical (unpaired) electrons. The summed E-state index contributed by atoms with van der Waals surface area (Å²) < 4.78 is 0. The Labute approximate surface area is 108 Å². The molecule has 0 saturated carbocycles. The van der Waals surface area contributed by atoms with Crippen molar-refractivity contribution in [1.29, 1.82) is 0 Å². The maximum Gasteiger partial charge on any atom is 0.0926 e. The third kappa shape index (κ3) is 4.05. The van der Waals surface area contributed by atoms with E-state index in [0.717, 1.165) is 19.5 Å². The summed E-state index contributed by atoms with van der Waals surface area (Å²) in [6.07, 6.45) is 5.09. The maximum absolute atomic E-state index is 4.62. The van der Waals surface area contributed by atoms with Gasteiger partial charge in [-0.15, -0.1) is 11.3 Å². The van der Waals surface area contributed by atoms with Crippen LogP contribution in [0.2, 0.25) is 0 Å². The Morgan fingerprint density at radius 2 is 2.41 bits per heavy atom. The van der Waals surface area contributed by atoms with Gasteiger partial charge in [-0.25, -0.2) is 4.98 Å². The lowest BCUT2D eigenvalue weighted by Gasteiger charge is -2.27. The van der Waals surface area contributed by atoms with Crippen LogP contribution in [0.1, 0.15) is 36.9 Å². The van der Waals surface area contributed by atoms with Gasteiger partial charge in [0.1, 0.15) is 0 Å². The van der Waals surface area contributed by atoms with Crippen LogP contribution in [-0.2, 0) is 13.0 Å². The molecule has 1 aliphatic heterocycles. The molecule has 0 aromatic carbocycles. The van der Waals surface area contributed by atoms with Gasteiger partial charge < -0.3 is 5.32 Å². The minimum atomic E-state index is 0.679. The van der Waals surface area contributed by atoms with E-state index in [2.05, 4.69) is 34.6 Å². The normalized spacial score (nSPS) is 21.0. The summed E-state index contributed by atoms with van der Waals surface area (Å²) in [6, 6.07) is 0.679. The predicted octanol–water partition coefficient (Wildman–Crippen LogP) is 2.28. The Morgan fingerprint density at radius 1 is 1.53 bits per heavy atom. The fourth-order valence-corrected chi connectivity index (χ4v) is 3.12. The number of nitrogens with one attached hydrogen (secondary N) is 1. The van der Waals surface area contributed by atoms with Crippen molar-refractivity contribution in [1.82, 2.24) is 15.2 Å². The molecule has 1 atom stereocenters. The van der Waals surface area contributed by atoms with Crippen LogP contribution in [0.3, 0.4) is 0 Å².